The maximum absolute atomic E-state index is 12.2. The van der Waals surface area contributed by atoms with Gasteiger partial charge in [0.25, 0.3) is 0 Å². The molecule has 0 aliphatic carbocycles. The SMILES string of the molecule is CC(CC(=O)Nc1ccc(C(C)C)cc1)NCc1ccc(C(=O)O)cc1. The lowest BCUT2D eigenvalue weighted by molar-refractivity contribution is -0.116. The van der Waals surface area contributed by atoms with E-state index in [1.165, 1.54) is 5.56 Å². The number of nitrogens with one attached hydrogen (secondary N) is 2. The van der Waals surface area contributed by atoms with Crippen LogP contribution in [-0.2, 0) is 11.3 Å². The third-order valence-electron chi connectivity index (χ3n) is 4.21. The van der Waals surface area contributed by atoms with Crippen molar-refractivity contribution in [3.8, 4) is 0 Å². The topological polar surface area (TPSA) is 78.4 Å². The smallest absolute Gasteiger partial charge is 0.335 e. The van der Waals surface area contributed by atoms with Gasteiger partial charge in [-0.25, -0.2) is 4.79 Å². The van der Waals surface area contributed by atoms with Crippen molar-refractivity contribution in [3.63, 3.8) is 0 Å². The lowest BCUT2D eigenvalue weighted by Crippen LogP contribution is -2.30. The van der Waals surface area contributed by atoms with E-state index in [-0.39, 0.29) is 17.5 Å². The fourth-order valence-corrected chi connectivity index (χ4v) is 2.57. The monoisotopic (exact) mass is 354 g/mol. The molecule has 1 unspecified atom stereocenters. The van der Waals surface area contributed by atoms with Crippen LogP contribution in [0.15, 0.2) is 48.5 Å². The Morgan fingerprint density at radius 1 is 0.962 bits per heavy atom. The van der Waals surface area contributed by atoms with Crippen molar-refractivity contribution in [2.75, 3.05) is 5.32 Å². The summed E-state index contributed by atoms with van der Waals surface area (Å²) >= 11 is 0. The third-order valence-corrected chi connectivity index (χ3v) is 4.21. The Morgan fingerprint density at radius 3 is 2.12 bits per heavy atom. The van der Waals surface area contributed by atoms with Crippen molar-refractivity contribution in [1.82, 2.24) is 5.32 Å². The van der Waals surface area contributed by atoms with E-state index >= 15 is 0 Å². The molecular weight excluding hydrogens is 328 g/mol. The summed E-state index contributed by atoms with van der Waals surface area (Å²) in [5.74, 6) is -0.506. The quantitative estimate of drug-likeness (QED) is 0.669. The molecule has 2 rings (SSSR count). The number of carbonyl (C=O) groups is 2. The molecule has 0 saturated heterocycles. The van der Waals surface area contributed by atoms with Crippen LogP contribution in [0.4, 0.5) is 5.69 Å². The van der Waals surface area contributed by atoms with E-state index in [2.05, 4.69) is 24.5 Å². The first kappa shape index (κ1) is 19.7. The Labute approximate surface area is 154 Å². The van der Waals surface area contributed by atoms with Gasteiger partial charge >= 0.3 is 5.97 Å². The number of anilines is 1. The van der Waals surface area contributed by atoms with Gasteiger partial charge < -0.3 is 15.7 Å². The fraction of sp³-hybridized carbons (Fsp3) is 0.333. The molecule has 2 aromatic carbocycles. The van der Waals surface area contributed by atoms with Gasteiger partial charge in [0.05, 0.1) is 5.56 Å². The zero-order chi connectivity index (χ0) is 19.1. The predicted molar refractivity (Wildman–Crippen MR) is 103 cm³/mol. The zero-order valence-corrected chi connectivity index (χ0v) is 15.5. The molecule has 138 valence electrons. The normalized spacial score (nSPS) is 12.0. The molecule has 5 nitrogen and oxygen atoms in total. The molecule has 0 aromatic heterocycles. The van der Waals surface area contributed by atoms with Gasteiger partial charge in [0.15, 0.2) is 0 Å². The Morgan fingerprint density at radius 2 is 1.58 bits per heavy atom. The Kier molecular flexibility index (Phi) is 6.92. The van der Waals surface area contributed by atoms with Crippen LogP contribution in [0.3, 0.4) is 0 Å². The largest absolute Gasteiger partial charge is 0.478 e. The zero-order valence-electron chi connectivity index (χ0n) is 15.5. The van der Waals surface area contributed by atoms with Crippen molar-refractivity contribution in [1.29, 1.82) is 0 Å². The molecule has 26 heavy (non-hydrogen) atoms. The molecule has 0 bridgehead atoms. The number of carboxylic acids is 1. The van der Waals surface area contributed by atoms with Crippen molar-refractivity contribution in [3.05, 3.63) is 65.2 Å². The van der Waals surface area contributed by atoms with E-state index < -0.39 is 5.97 Å². The van der Waals surface area contributed by atoms with Gasteiger partial charge in [0.2, 0.25) is 5.91 Å². The summed E-state index contributed by atoms with van der Waals surface area (Å²) in [6.45, 7) is 6.80. The second-order valence-corrected chi connectivity index (χ2v) is 6.81. The van der Waals surface area contributed by atoms with Crippen LogP contribution in [-0.4, -0.2) is 23.0 Å². The van der Waals surface area contributed by atoms with E-state index in [1.807, 2.05) is 31.2 Å². The summed E-state index contributed by atoms with van der Waals surface area (Å²) in [6, 6.07) is 14.6. The maximum Gasteiger partial charge on any atom is 0.335 e. The number of amides is 1. The summed E-state index contributed by atoms with van der Waals surface area (Å²) in [7, 11) is 0. The molecule has 0 aliphatic rings. The Bertz CT molecular complexity index is 737. The number of rotatable bonds is 8. The first-order valence-electron chi connectivity index (χ1n) is 8.80. The molecule has 2 aromatic rings. The number of benzene rings is 2. The van der Waals surface area contributed by atoms with E-state index in [4.69, 9.17) is 5.11 Å². The van der Waals surface area contributed by atoms with Crippen LogP contribution in [0.25, 0.3) is 0 Å². The molecule has 0 spiro atoms. The summed E-state index contributed by atoms with van der Waals surface area (Å²) in [5.41, 5.74) is 3.29. The van der Waals surface area contributed by atoms with E-state index in [0.717, 1.165) is 11.3 Å². The van der Waals surface area contributed by atoms with Crippen LogP contribution in [0, 0.1) is 0 Å². The molecule has 1 atom stereocenters. The van der Waals surface area contributed by atoms with Gasteiger partial charge in [-0.3, -0.25) is 4.79 Å². The number of hydrogen-bond acceptors (Lipinski definition) is 3. The van der Waals surface area contributed by atoms with E-state index in [1.54, 1.807) is 24.3 Å². The van der Waals surface area contributed by atoms with Gasteiger partial charge in [-0.15, -0.1) is 0 Å². The summed E-state index contributed by atoms with van der Waals surface area (Å²) in [6.07, 6.45) is 0.360. The van der Waals surface area contributed by atoms with Crippen LogP contribution in [0.2, 0.25) is 0 Å². The molecule has 0 saturated carbocycles. The molecule has 3 N–H and O–H groups in total. The minimum atomic E-state index is -0.934. The molecule has 5 heteroatoms. The highest BCUT2D eigenvalue weighted by molar-refractivity contribution is 5.91. The second-order valence-electron chi connectivity index (χ2n) is 6.81. The van der Waals surface area contributed by atoms with Crippen LogP contribution >= 0.6 is 0 Å². The highest BCUT2D eigenvalue weighted by Gasteiger charge is 2.10. The lowest BCUT2D eigenvalue weighted by atomic mass is 10.0. The number of carboxylic acid groups (broad SMARTS) is 1. The van der Waals surface area contributed by atoms with E-state index in [0.29, 0.717) is 18.9 Å². The molecule has 1 amide bonds. The minimum Gasteiger partial charge on any atom is -0.478 e. The summed E-state index contributed by atoms with van der Waals surface area (Å²) < 4.78 is 0. The van der Waals surface area contributed by atoms with Crippen LogP contribution < -0.4 is 10.6 Å². The minimum absolute atomic E-state index is 0.00378. The van der Waals surface area contributed by atoms with Crippen LogP contribution in [0.1, 0.15) is 54.6 Å². The second kappa shape index (κ2) is 9.15. The molecule has 0 aliphatic heterocycles. The van der Waals surface area contributed by atoms with Gasteiger partial charge in [-0.05, 0) is 48.2 Å². The van der Waals surface area contributed by atoms with E-state index in [9.17, 15) is 9.59 Å². The highest BCUT2D eigenvalue weighted by Crippen LogP contribution is 2.17. The summed E-state index contributed by atoms with van der Waals surface area (Å²) in [4.78, 5) is 23.0. The lowest BCUT2D eigenvalue weighted by Gasteiger charge is -2.14. The highest BCUT2D eigenvalue weighted by atomic mass is 16.4. The van der Waals surface area contributed by atoms with Gasteiger partial charge in [-0.1, -0.05) is 38.1 Å². The first-order chi connectivity index (χ1) is 12.3. The van der Waals surface area contributed by atoms with Crippen molar-refractivity contribution >= 4 is 17.6 Å². The standard InChI is InChI=1S/C21H26N2O3/c1-14(2)17-8-10-19(11-9-17)23-20(24)12-15(3)22-13-16-4-6-18(7-5-16)21(25)26/h4-11,14-15,22H,12-13H2,1-3H3,(H,23,24)(H,25,26). The predicted octanol–water partition coefficient (Wildman–Crippen LogP) is 4.02. The van der Waals surface area contributed by atoms with Gasteiger partial charge in [0.1, 0.15) is 0 Å². The summed E-state index contributed by atoms with van der Waals surface area (Å²) in [5, 5.41) is 15.1. The molecule has 0 fully saturated rings. The molecule has 0 heterocycles. The fourth-order valence-electron chi connectivity index (χ4n) is 2.57. The van der Waals surface area contributed by atoms with Gasteiger partial charge in [-0.2, -0.15) is 0 Å². The number of aromatic carboxylic acids is 1. The number of hydrogen-bond donors (Lipinski definition) is 3. The first-order valence-corrected chi connectivity index (χ1v) is 8.80. The third kappa shape index (κ3) is 6.01. The van der Waals surface area contributed by atoms with Crippen LogP contribution in [0.5, 0.6) is 0 Å². The molecule has 0 radical (unpaired) electrons. The number of carbonyl (C=O) groups excluding carboxylic acids is 1. The molecular formula is C21H26N2O3. The average molecular weight is 354 g/mol. The van der Waals surface area contributed by atoms with Gasteiger partial charge in [0, 0.05) is 24.7 Å². The van der Waals surface area contributed by atoms with Crippen molar-refractivity contribution in [2.45, 2.75) is 45.7 Å². The average Bonchev–Trinajstić information content (AvgIpc) is 2.60. The van der Waals surface area contributed by atoms with Crippen molar-refractivity contribution in [2.24, 2.45) is 0 Å². The Hall–Kier alpha value is -2.66. The Balaban J connectivity index is 1.78. The van der Waals surface area contributed by atoms with Crippen molar-refractivity contribution < 1.29 is 14.7 Å². The maximum atomic E-state index is 12.2.